The van der Waals surface area contributed by atoms with E-state index in [1.165, 1.54) is 0 Å². The highest BCUT2D eigenvalue weighted by atomic mass is 16.2. The molecule has 1 saturated heterocycles. The van der Waals surface area contributed by atoms with Crippen LogP contribution in [-0.2, 0) is 18.3 Å². The number of fused-ring (bicyclic) bond motifs is 1. The monoisotopic (exact) mass is 358 g/mol. The summed E-state index contributed by atoms with van der Waals surface area (Å²) in [6, 6.07) is 0. The lowest BCUT2D eigenvalue weighted by atomic mass is 9.96. The molecule has 2 aromatic rings. The highest BCUT2D eigenvalue weighted by molar-refractivity contribution is 5.87. The van der Waals surface area contributed by atoms with Gasteiger partial charge in [-0.05, 0) is 33.1 Å². The van der Waals surface area contributed by atoms with Gasteiger partial charge in [0.25, 0.3) is 0 Å². The van der Waals surface area contributed by atoms with Crippen LogP contribution in [-0.4, -0.2) is 56.7 Å². The van der Waals surface area contributed by atoms with Crippen molar-refractivity contribution in [2.45, 2.75) is 46.5 Å². The Morgan fingerprint density at radius 2 is 2.04 bits per heavy atom. The lowest BCUT2D eigenvalue weighted by molar-refractivity contribution is -0.135. The van der Waals surface area contributed by atoms with Crippen LogP contribution in [0.4, 0.5) is 5.82 Å². The maximum Gasteiger partial charge on any atom is 0.227 e. The van der Waals surface area contributed by atoms with Crippen LogP contribution in [0.3, 0.4) is 0 Å². The van der Waals surface area contributed by atoms with Gasteiger partial charge in [-0.2, -0.15) is 5.10 Å². The van der Waals surface area contributed by atoms with Crippen LogP contribution < -0.4 is 4.90 Å². The largest absolute Gasteiger partial charge is 0.355 e. The van der Waals surface area contributed by atoms with Crippen molar-refractivity contribution in [2.24, 2.45) is 13.0 Å². The molecule has 2 aromatic heterocycles. The van der Waals surface area contributed by atoms with Gasteiger partial charge in [-0.25, -0.2) is 9.97 Å². The summed E-state index contributed by atoms with van der Waals surface area (Å²) < 4.78 is 1.81. The van der Waals surface area contributed by atoms with Crippen molar-refractivity contribution in [3.63, 3.8) is 0 Å². The van der Waals surface area contributed by atoms with Crippen LogP contribution >= 0.6 is 0 Å². The fourth-order valence-electron chi connectivity index (χ4n) is 3.79. The number of aryl methyl sites for hydroxylation is 2. The second-order valence-electron chi connectivity index (χ2n) is 7.01. The van der Waals surface area contributed by atoms with Gasteiger partial charge in [-0.15, -0.1) is 0 Å². The first-order valence-corrected chi connectivity index (χ1v) is 9.81. The van der Waals surface area contributed by atoms with E-state index in [9.17, 15) is 4.79 Å². The molecule has 0 N–H and O–H groups in total. The molecular formula is C19H30N6O. The van der Waals surface area contributed by atoms with E-state index in [0.29, 0.717) is 0 Å². The van der Waals surface area contributed by atoms with Gasteiger partial charge in [0.15, 0.2) is 5.65 Å². The Morgan fingerprint density at radius 3 is 2.73 bits per heavy atom. The van der Waals surface area contributed by atoms with Gasteiger partial charge in [-0.1, -0.05) is 6.92 Å². The first-order valence-electron chi connectivity index (χ1n) is 9.81. The minimum Gasteiger partial charge on any atom is -0.355 e. The van der Waals surface area contributed by atoms with Crippen LogP contribution in [0.25, 0.3) is 11.0 Å². The molecule has 142 valence electrons. The number of hydrogen-bond acceptors (Lipinski definition) is 5. The van der Waals surface area contributed by atoms with Gasteiger partial charge < -0.3 is 9.80 Å². The molecule has 3 heterocycles. The Morgan fingerprint density at radius 1 is 1.27 bits per heavy atom. The molecule has 0 spiro atoms. The smallest absolute Gasteiger partial charge is 0.227 e. The topological polar surface area (TPSA) is 67.2 Å². The minimum atomic E-state index is 0.0416. The number of hydrogen-bond donors (Lipinski definition) is 0. The first kappa shape index (κ1) is 18.6. The molecule has 1 atom stereocenters. The van der Waals surface area contributed by atoms with Crippen LogP contribution in [0.15, 0.2) is 6.20 Å². The van der Waals surface area contributed by atoms with Gasteiger partial charge in [0.1, 0.15) is 11.6 Å². The predicted molar refractivity (Wildman–Crippen MR) is 103 cm³/mol. The highest BCUT2D eigenvalue weighted by Crippen LogP contribution is 2.29. The summed E-state index contributed by atoms with van der Waals surface area (Å²) in [6.07, 6.45) is 5.66. The summed E-state index contributed by atoms with van der Waals surface area (Å²) in [4.78, 5) is 26.5. The molecule has 1 aliphatic rings. The van der Waals surface area contributed by atoms with Crippen molar-refractivity contribution in [3.05, 3.63) is 12.0 Å². The average molecular weight is 358 g/mol. The lowest BCUT2D eigenvalue weighted by Crippen LogP contribution is -2.45. The standard InChI is InChI=1S/C19H30N6O/c1-5-9-16-21-17-15(12-20-23(17)4)18(22-16)25-11-8-10-14(13-25)19(26)24(6-2)7-3/h12,14H,5-11,13H2,1-4H3/t14-/m0/s1. The summed E-state index contributed by atoms with van der Waals surface area (Å²) in [7, 11) is 1.91. The quantitative estimate of drug-likeness (QED) is 0.793. The SMILES string of the molecule is CCCc1nc(N2CCC[C@H](C(=O)N(CC)CC)C2)c2cnn(C)c2n1. The average Bonchev–Trinajstić information content (AvgIpc) is 3.03. The van der Waals surface area contributed by atoms with E-state index in [-0.39, 0.29) is 11.8 Å². The Balaban J connectivity index is 1.91. The maximum absolute atomic E-state index is 12.8. The van der Waals surface area contributed by atoms with Gasteiger partial charge in [0.2, 0.25) is 5.91 Å². The van der Waals surface area contributed by atoms with Crippen LogP contribution in [0.1, 0.15) is 45.9 Å². The zero-order valence-corrected chi connectivity index (χ0v) is 16.4. The molecule has 26 heavy (non-hydrogen) atoms. The fraction of sp³-hybridized carbons (Fsp3) is 0.684. The van der Waals surface area contributed by atoms with Crippen molar-refractivity contribution in [1.29, 1.82) is 0 Å². The molecule has 0 saturated carbocycles. The van der Waals surface area contributed by atoms with Crippen LogP contribution in [0.5, 0.6) is 0 Å². The van der Waals surface area contributed by atoms with E-state index in [1.54, 1.807) is 0 Å². The number of amides is 1. The first-order chi connectivity index (χ1) is 12.6. The van der Waals surface area contributed by atoms with Crippen molar-refractivity contribution in [2.75, 3.05) is 31.1 Å². The van der Waals surface area contributed by atoms with Crippen molar-refractivity contribution < 1.29 is 4.79 Å². The molecule has 1 aliphatic heterocycles. The number of carbonyl (C=O) groups is 1. The molecule has 0 radical (unpaired) electrons. The number of carbonyl (C=O) groups excluding carboxylic acids is 1. The molecule has 3 rings (SSSR count). The third-order valence-corrected chi connectivity index (χ3v) is 5.24. The van der Waals surface area contributed by atoms with Crippen molar-refractivity contribution >= 4 is 22.8 Å². The fourth-order valence-corrected chi connectivity index (χ4v) is 3.79. The van der Waals surface area contributed by atoms with E-state index in [1.807, 2.05) is 36.7 Å². The number of nitrogens with zero attached hydrogens (tertiary/aromatic N) is 6. The number of piperidine rings is 1. The number of rotatable bonds is 6. The summed E-state index contributed by atoms with van der Waals surface area (Å²) >= 11 is 0. The molecule has 0 unspecified atom stereocenters. The molecule has 0 aliphatic carbocycles. The second-order valence-corrected chi connectivity index (χ2v) is 7.01. The lowest BCUT2D eigenvalue weighted by Gasteiger charge is -2.35. The highest BCUT2D eigenvalue weighted by Gasteiger charge is 2.30. The van der Waals surface area contributed by atoms with Gasteiger partial charge >= 0.3 is 0 Å². The Hall–Kier alpha value is -2.18. The Labute approximate surface area is 155 Å². The second kappa shape index (κ2) is 8.01. The zero-order chi connectivity index (χ0) is 18.7. The van der Waals surface area contributed by atoms with E-state index in [2.05, 4.69) is 21.9 Å². The Kier molecular flexibility index (Phi) is 5.74. The van der Waals surface area contributed by atoms with E-state index >= 15 is 0 Å². The third-order valence-electron chi connectivity index (χ3n) is 5.24. The number of aromatic nitrogens is 4. The Bertz CT molecular complexity index is 767. The normalized spacial score (nSPS) is 17.7. The van der Waals surface area contributed by atoms with Gasteiger partial charge in [-0.3, -0.25) is 9.48 Å². The molecule has 7 nitrogen and oxygen atoms in total. The summed E-state index contributed by atoms with van der Waals surface area (Å²) in [5.74, 6) is 2.10. The molecular weight excluding hydrogens is 328 g/mol. The minimum absolute atomic E-state index is 0.0416. The third kappa shape index (κ3) is 3.52. The van der Waals surface area contributed by atoms with E-state index in [0.717, 1.165) is 74.5 Å². The molecule has 0 aromatic carbocycles. The van der Waals surface area contributed by atoms with Crippen LogP contribution in [0.2, 0.25) is 0 Å². The molecule has 7 heteroatoms. The molecule has 1 amide bonds. The van der Waals surface area contributed by atoms with Crippen LogP contribution in [0, 0.1) is 5.92 Å². The summed E-state index contributed by atoms with van der Waals surface area (Å²) in [5, 5.41) is 5.35. The number of anilines is 1. The summed E-state index contributed by atoms with van der Waals surface area (Å²) in [5.41, 5.74) is 0.871. The molecule has 0 bridgehead atoms. The molecule has 1 fully saturated rings. The zero-order valence-electron chi connectivity index (χ0n) is 16.4. The van der Waals surface area contributed by atoms with Gasteiger partial charge in [0, 0.05) is 39.6 Å². The van der Waals surface area contributed by atoms with Crippen molar-refractivity contribution in [3.8, 4) is 0 Å². The maximum atomic E-state index is 12.8. The van der Waals surface area contributed by atoms with E-state index in [4.69, 9.17) is 4.98 Å². The summed E-state index contributed by atoms with van der Waals surface area (Å²) in [6.45, 7) is 9.41. The van der Waals surface area contributed by atoms with Gasteiger partial charge in [0.05, 0.1) is 17.5 Å². The predicted octanol–water partition coefficient (Wildman–Crippen LogP) is 2.40. The van der Waals surface area contributed by atoms with Crippen molar-refractivity contribution in [1.82, 2.24) is 24.6 Å². The van der Waals surface area contributed by atoms with E-state index < -0.39 is 0 Å².